The minimum Gasteiger partial charge on any atom is -0.397 e. The fourth-order valence-electron chi connectivity index (χ4n) is 1.34. The van der Waals surface area contributed by atoms with E-state index in [1.165, 1.54) is 11.7 Å². The van der Waals surface area contributed by atoms with Crippen molar-refractivity contribution in [2.24, 2.45) is 12.8 Å². The summed E-state index contributed by atoms with van der Waals surface area (Å²) in [5.41, 5.74) is 6.47. The number of anilines is 1. The lowest BCUT2D eigenvalue weighted by molar-refractivity contribution is 0.602. The average Bonchev–Trinajstić information content (AvgIpc) is 2.43. The number of hydrogen-bond donors (Lipinski definition) is 1. The second-order valence-electron chi connectivity index (χ2n) is 3.13. The highest BCUT2D eigenvalue weighted by atomic mass is 32.2. The minimum atomic E-state index is -3.44. The van der Waals surface area contributed by atoms with Gasteiger partial charge in [-0.3, -0.25) is 8.99 Å². The molecule has 1 aromatic heterocycles. The summed E-state index contributed by atoms with van der Waals surface area (Å²) in [5, 5.41) is 5.06. The van der Waals surface area contributed by atoms with Gasteiger partial charge in [-0.15, -0.1) is 0 Å². The van der Waals surface area contributed by atoms with Crippen LogP contribution < -0.4 is 10.0 Å². The van der Waals surface area contributed by atoms with E-state index in [-0.39, 0.29) is 5.70 Å². The van der Waals surface area contributed by atoms with Gasteiger partial charge in [-0.25, -0.2) is 8.42 Å². The fourth-order valence-corrected chi connectivity index (χ4v) is 2.32. The van der Waals surface area contributed by atoms with E-state index in [1.54, 1.807) is 13.2 Å². The number of nitrogens with zero attached hydrogens (tertiary/aromatic N) is 3. The summed E-state index contributed by atoms with van der Waals surface area (Å²) in [7, 11) is -0.277. The summed E-state index contributed by atoms with van der Waals surface area (Å²) in [6.45, 7) is 0. The molecule has 2 heterocycles. The number of nitrogens with two attached hydrogens (primary N) is 1. The molecule has 0 aliphatic carbocycles. The van der Waals surface area contributed by atoms with Crippen molar-refractivity contribution in [3.8, 4) is 0 Å². The third-order valence-corrected chi connectivity index (χ3v) is 3.56. The molecule has 14 heavy (non-hydrogen) atoms. The van der Waals surface area contributed by atoms with Crippen molar-refractivity contribution in [2.75, 3.05) is 11.4 Å². The van der Waals surface area contributed by atoms with Crippen molar-refractivity contribution in [2.45, 2.75) is 0 Å². The summed E-state index contributed by atoms with van der Waals surface area (Å²) in [5.74, 6) is 0.368. The molecule has 0 radical (unpaired) electrons. The van der Waals surface area contributed by atoms with E-state index in [0.29, 0.717) is 11.4 Å². The molecule has 7 heteroatoms. The average molecular weight is 214 g/mol. The molecule has 6 nitrogen and oxygen atoms in total. The molecule has 0 saturated heterocycles. The monoisotopic (exact) mass is 214 g/mol. The first-order valence-electron chi connectivity index (χ1n) is 3.92. The van der Waals surface area contributed by atoms with Gasteiger partial charge in [0.05, 0.1) is 16.7 Å². The molecule has 0 atom stereocenters. The van der Waals surface area contributed by atoms with E-state index in [4.69, 9.17) is 5.73 Å². The SMILES string of the molecule is CN1c2nn(C)cc2C(N)=CS1(=O)=O. The van der Waals surface area contributed by atoms with Crippen molar-refractivity contribution in [1.82, 2.24) is 9.78 Å². The molecule has 0 aromatic carbocycles. The van der Waals surface area contributed by atoms with E-state index >= 15 is 0 Å². The molecule has 0 bridgehead atoms. The maximum Gasteiger partial charge on any atom is 0.260 e. The van der Waals surface area contributed by atoms with E-state index in [1.807, 2.05) is 0 Å². The van der Waals surface area contributed by atoms with Gasteiger partial charge < -0.3 is 5.73 Å². The van der Waals surface area contributed by atoms with E-state index in [2.05, 4.69) is 5.10 Å². The van der Waals surface area contributed by atoms with Crippen molar-refractivity contribution in [1.29, 1.82) is 0 Å². The quantitative estimate of drug-likeness (QED) is 0.628. The van der Waals surface area contributed by atoms with Crippen LogP contribution in [0.15, 0.2) is 11.6 Å². The molecule has 2 rings (SSSR count). The first-order chi connectivity index (χ1) is 6.42. The molecule has 0 amide bonds. The Labute approximate surface area is 81.7 Å². The van der Waals surface area contributed by atoms with Crippen LogP contribution in [-0.4, -0.2) is 25.2 Å². The van der Waals surface area contributed by atoms with Crippen LogP contribution in [0.2, 0.25) is 0 Å². The standard InChI is InChI=1S/C7H10N4O2S/c1-10-3-5-6(8)4-14(12,13)11(2)7(5)9-10/h3-4H,8H2,1-2H3. The predicted octanol–water partition coefficient (Wildman–Crippen LogP) is -0.543. The Kier molecular flexibility index (Phi) is 1.62. The molecule has 1 aliphatic heterocycles. The summed E-state index contributed by atoms with van der Waals surface area (Å²) < 4.78 is 25.6. The zero-order valence-electron chi connectivity index (χ0n) is 7.80. The Balaban J connectivity index is 2.74. The minimum absolute atomic E-state index is 0.228. The number of fused-ring (bicyclic) bond motifs is 1. The number of aryl methyl sites for hydroxylation is 1. The zero-order chi connectivity index (χ0) is 10.5. The van der Waals surface area contributed by atoms with Crippen LogP contribution in [0.25, 0.3) is 5.70 Å². The van der Waals surface area contributed by atoms with Gasteiger partial charge in [0, 0.05) is 20.3 Å². The van der Waals surface area contributed by atoms with Crippen LogP contribution in [-0.2, 0) is 17.1 Å². The first-order valence-corrected chi connectivity index (χ1v) is 5.42. The predicted molar refractivity (Wildman–Crippen MR) is 52.7 cm³/mol. The molecule has 0 fully saturated rings. The van der Waals surface area contributed by atoms with Crippen LogP contribution in [0, 0.1) is 0 Å². The summed E-state index contributed by atoms with van der Waals surface area (Å²) in [6.07, 6.45) is 1.69. The van der Waals surface area contributed by atoms with Gasteiger partial charge in [-0.1, -0.05) is 0 Å². The number of sulfonamides is 1. The van der Waals surface area contributed by atoms with Crippen LogP contribution in [0.5, 0.6) is 0 Å². The lowest BCUT2D eigenvalue weighted by Crippen LogP contribution is -2.29. The molecule has 0 spiro atoms. The van der Waals surface area contributed by atoms with Crippen LogP contribution >= 0.6 is 0 Å². The normalized spacial score (nSPS) is 19.0. The lowest BCUT2D eigenvalue weighted by Gasteiger charge is -2.20. The Morgan fingerprint density at radius 3 is 2.71 bits per heavy atom. The van der Waals surface area contributed by atoms with E-state index < -0.39 is 10.0 Å². The van der Waals surface area contributed by atoms with Gasteiger partial charge in [-0.05, 0) is 0 Å². The zero-order valence-corrected chi connectivity index (χ0v) is 8.61. The highest BCUT2D eigenvalue weighted by molar-refractivity contribution is 7.95. The highest BCUT2D eigenvalue weighted by Gasteiger charge is 2.28. The number of aromatic nitrogens is 2. The lowest BCUT2D eigenvalue weighted by atomic mass is 10.2. The van der Waals surface area contributed by atoms with E-state index in [9.17, 15) is 8.42 Å². The summed E-state index contributed by atoms with van der Waals surface area (Å²) >= 11 is 0. The summed E-state index contributed by atoms with van der Waals surface area (Å²) in [6, 6.07) is 0. The molecule has 76 valence electrons. The van der Waals surface area contributed by atoms with E-state index in [0.717, 1.165) is 9.71 Å². The molecule has 2 N–H and O–H groups in total. The van der Waals surface area contributed by atoms with Crippen molar-refractivity contribution >= 4 is 21.5 Å². The molecule has 0 saturated carbocycles. The third-order valence-electron chi connectivity index (χ3n) is 2.08. The second kappa shape index (κ2) is 2.50. The summed E-state index contributed by atoms with van der Waals surface area (Å²) in [4.78, 5) is 0. The third kappa shape index (κ3) is 1.09. The maximum atomic E-state index is 11.5. The highest BCUT2D eigenvalue weighted by Crippen LogP contribution is 2.29. The number of rotatable bonds is 0. The Morgan fingerprint density at radius 2 is 2.07 bits per heavy atom. The molecule has 1 aliphatic rings. The Morgan fingerprint density at radius 1 is 1.43 bits per heavy atom. The van der Waals surface area contributed by atoms with Gasteiger partial charge in [0.25, 0.3) is 10.0 Å². The molecular formula is C7H10N4O2S. The van der Waals surface area contributed by atoms with Crippen LogP contribution in [0.4, 0.5) is 5.82 Å². The van der Waals surface area contributed by atoms with Gasteiger partial charge in [0.15, 0.2) is 5.82 Å². The topological polar surface area (TPSA) is 81.2 Å². The second-order valence-corrected chi connectivity index (χ2v) is 4.94. The van der Waals surface area contributed by atoms with Crippen molar-refractivity contribution in [3.63, 3.8) is 0 Å². The first kappa shape index (κ1) is 9.07. The van der Waals surface area contributed by atoms with Gasteiger partial charge >= 0.3 is 0 Å². The maximum absolute atomic E-state index is 11.5. The molecular weight excluding hydrogens is 204 g/mol. The largest absolute Gasteiger partial charge is 0.397 e. The number of hydrogen-bond acceptors (Lipinski definition) is 4. The van der Waals surface area contributed by atoms with Gasteiger partial charge in [0.1, 0.15) is 0 Å². The van der Waals surface area contributed by atoms with Crippen molar-refractivity contribution in [3.05, 3.63) is 17.2 Å². The van der Waals surface area contributed by atoms with Crippen molar-refractivity contribution < 1.29 is 8.42 Å². The van der Waals surface area contributed by atoms with Crippen LogP contribution in [0.3, 0.4) is 0 Å². The molecule has 1 aromatic rings. The van der Waals surface area contributed by atoms with Gasteiger partial charge in [-0.2, -0.15) is 5.10 Å². The Bertz CT molecular complexity index is 514. The molecule has 0 unspecified atom stereocenters. The van der Waals surface area contributed by atoms with Gasteiger partial charge in [0.2, 0.25) is 0 Å². The fraction of sp³-hybridized carbons (Fsp3) is 0.286. The van der Waals surface area contributed by atoms with Crippen LogP contribution in [0.1, 0.15) is 5.56 Å². The Hall–Kier alpha value is -1.50. The smallest absolute Gasteiger partial charge is 0.260 e.